The summed E-state index contributed by atoms with van der Waals surface area (Å²) in [4.78, 5) is 35.7. The smallest absolute Gasteiger partial charge is 0.271 e. The molecule has 1 N–H and O–H groups in total. The van der Waals surface area contributed by atoms with Crippen molar-refractivity contribution >= 4 is 23.2 Å². The van der Waals surface area contributed by atoms with Crippen molar-refractivity contribution in [2.75, 3.05) is 24.6 Å². The highest BCUT2D eigenvalue weighted by Crippen LogP contribution is 2.35. The third kappa shape index (κ3) is 3.77. The van der Waals surface area contributed by atoms with E-state index < -0.39 is 10.8 Å². The number of hydrogen-bond donors (Lipinski definition) is 1. The van der Waals surface area contributed by atoms with Crippen LogP contribution >= 0.6 is 0 Å². The molecule has 3 rings (SSSR count). The molecule has 2 amide bonds. The summed E-state index contributed by atoms with van der Waals surface area (Å²) < 4.78 is 10.4. The lowest BCUT2D eigenvalue weighted by atomic mass is 10.2. The van der Waals surface area contributed by atoms with Crippen molar-refractivity contribution in [3.8, 4) is 5.75 Å². The number of ether oxygens (including phenoxy) is 1. The van der Waals surface area contributed by atoms with E-state index in [1.165, 1.54) is 23.1 Å². The van der Waals surface area contributed by atoms with Gasteiger partial charge in [0.15, 0.2) is 6.61 Å². The van der Waals surface area contributed by atoms with Gasteiger partial charge in [0.2, 0.25) is 5.91 Å². The van der Waals surface area contributed by atoms with E-state index in [4.69, 9.17) is 9.15 Å². The quantitative estimate of drug-likeness (QED) is 0.623. The Balaban J connectivity index is 1.67. The van der Waals surface area contributed by atoms with Crippen LogP contribution in [0.5, 0.6) is 5.75 Å². The number of fused-ring (bicyclic) bond motifs is 1. The minimum atomic E-state index is -0.568. The van der Waals surface area contributed by atoms with Crippen molar-refractivity contribution in [3.05, 3.63) is 52.5 Å². The van der Waals surface area contributed by atoms with Crippen molar-refractivity contribution in [1.29, 1.82) is 0 Å². The van der Waals surface area contributed by atoms with Gasteiger partial charge >= 0.3 is 0 Å². The number of hydrogen-bond acceptors (Lipinski definition) is 6. The number of benzene rings is 1. The van der Waals surface area contributed by atoms with Crippen LogP contribution in [0.1, 0.15) is 5.76 Å². The summed E-state index contributed by atoms with van der Waals surface area (Å²) in [6, 6.07) is 7.49. The average Bonchev–Trinajstić information content (AvgIpc) is 3.10. The lowest BCUT2D eigenvalue weighted by molar-refractivity contribution is -0.384. The molecule has 0 aliphatic carbocycles. The van der Waals surface area contributed by atoms with Crippen LogP contribution in [0, 0.1) is 10.1 Å². The summed E-state index contributed by atoms with van der Waals surface area (Å²) in [5.41, 5.74) is 0.0342. The third-order valence-corrected chi connectivity index (χ3v) is 3.67. The molecular weight excluding hydrogens is 330 g/mol. The maximum absolute atomic E-state index is 12.1. The van der Waals surface area contributed by atoms with E-state index in [1.807, 2.05) is 0 Å². The molecule has 1 aliphatic heterocycles. The first-order chi connectivity index (χ1) is 12.0. The minimum Gasteiger partial charge on any atom is -0.482 e. The van der Waals surface area contributed by atoms with E-state index in [0.717, 1.165) is 5.76 Å². The molecule has 0 saturated heterocycles. The van der Waals surface area contributed by atoms with Crippen molar-refractivity contribution in [2.24, 2.45) is 0 Å². The zero-order chi connectivity index (χ0) is 17.8. The van der Waals surface area contributed by atoms with Crippen LogP contribution in [0.15, 0.2) is 41.0 Å². The molecule has 0 atom stereocenters. The molecule has 0 fully saturated rings. The molecule has 0 radical (unpaired) electrons. The second-order valence-electron chi connectivity index (χ2n) is 5.36. The minimum absolute atomic E-state index is 0.180. The Kier molecular flexibility index (Phi) is 4.64. The molecule has 1 aromatic carbocycles. The van der Waals surface area contributed by atoms with Gasteiger partial charge in [0.1, 0.15) is 18.1 Å². The highest BCUT2D eigenvalue weighted by Gasteiger charge is 2.29. The Labute approximate surface area is 142 Å². The molecule has 2 heterocycles. The largest absolute Gasteiger partial charge is 0.482 e. The molecule has 130 valence electrons. The first-order valence-electron chi connectivity index (χ1n) is 7.55. The van der Waals surface area contributed by atoms with Gasteiger partial charge in [-0.3, -0.25) is 24.6 Å². The lowest BCUT2D eigenvalue weighted by Gasteiger charge is -2.28. The normalized spacial score (nSPS) is 13.1. The number of nitro benzene ring substituents is 1. The highest BCUT2D eigenvalue weighted by molar-refractivity contribution is 6.02. The van der Waals surface area contributed by atoms with E-state index in [-0.39, 0.29) is 30.4 Å². The van der Waals surface area contributed by atoms with Crippen LogP contribution in [-0.4, -0.2) is 36.4 Å². The van der Waals surface area contributed by atoms with E-state index in [9.17, 15) is 19.7 Å². The van der Waals surface area contributed by atoms with Crippen molar-refractivity contribution < 1.29 is 23.7 Å². The van der Waals surface area contributed by atoms with Crippen molar-refractivity contribution in [1.82, 2.24) is 5.32 Å². The molecule has 0 bridgehead atoms. The topological polar surface area (TPSA) is 115 Å². The van der Waals surface area contributed by atoms with E-state index in [2.05, 4.69) is 5.32 Å². The van der Waals surface area contributed by atoms with Crippen molar-refractivity contribution in [2.45, 2.75) is 6.42 Å². The number of nitrogens with one attached hydrogen (secondary N) is 1. The summed E-state index contributed by atoms with van der Waals surface area (Å²) in [5.74, 6) is 0.255. The standard InChI is InChI=1S/C16H15N3O6/c20-15(17-6-5-12-2-1-7-24-12)9-18-13-8-11(19(22)23)3-4-14(13)25-10-16(18)21/h1-4,7-8H,5-6,9-10H2,(H,17,20). The second-order valence-corrected chi connectivity index (χ2v) is 5.36. The van der Waals surface area contributed by atoms with Gasteiger partial charge in [0.25, 0.3) is 11.6 Å². The van der Waals surface area contributed by atoms with Crippen LogP contribution in [0.25, 0.3) is 0 Å². The zero-order valence-electron chi connectivity index (χ0n) is 13.1. The molecule has 1 aliphatic rings. The van der Waals surface area contributed by atoms with E-state index in [0.29, 0.717) is 18.7 Å². The number of nitrogens with zero attached hydrogens (tertiary/aromatic N) is 2. The van der Waals surface area contributed by atoms with Crippen LogP contribution in [0.4, 0.5) is 11.4 Å². The Morgan fingerprint density at radius 3 is 2.92 bits per heavy atom. The number of rotatable bonds is 6. The summed E-state index contributed by atoms with van der Waals surface area (Å²) in [6.45, 7) is -0.105. The molecule has 1 aromatic heterocycles. The number of non-ortho nitro benzene ring substituents is 1. The Morgan fingerprint density at radius 2 is 2.20 bits per heavy atom. The molecule has 25 heavy (non-hydrogen) atoms. The van der Waals surface area contributed by atoms with E-state index >= 15 is 0 Å². The first-order valence-corrected chi connectivity index (χ1v) is 7.55. The van der Waals surface area contributed by atoms with Gasteiger partial charge in [-0.15, -0.1) is 0 Å². The van der Waals surface area contributed by atoms with Gasteiger partial charge in [0, 0.05) is 25.1 Å². The van der Waals surface area contributed by atoms with Gasteiger partial charge in [-0.2, -0.15) is 0 Å². The van der Waals surface area contributed by atoms with Crippen LogP contribution in [-0.2, 0) is 16.0 Å². The number of amides is 2. The molecular formula is C16H15N3O6. The SMILES string of the molecule is O=C(CN1C(=O)COc2ccc([N+](=O)[O-])cc21)NCCc1ccco1. The van der Waals surface area contributed by atoms with Crippen LogP contribution in [0.3, 0.4) is 0 Å². The fraction of sp³-hybridized carbons (Fsp3) is 0.250. The second kappa shape index (κ2) is 7.04. The Morgan fingerprint density at radius 1 is 1.36 bits per heavy atom. The predicted molar refractivity (Wildman–Crippen MR) is 86.4 cm³/mol. The fourth-order valence-electron chi connectivity index (χ4n) is 2.46. The summed E-state index contributed by atoms with van der Waals surface area (Å²) in [5, 5.41) is 13.6. The lowest BCUT2D eigenvalue weighted by Crippen LogP contribution is -2.45. The van der Waals surface area contributed by atoms with Gasteiger partial charge in [-0.05, 0) is 18.2 Å². The fourth-order valence-corrected chi connectivity index (χ4v) is 2.46. The predicted octanol–water partition coefficient (Wildman–Crippen LogP) is 1.27. The van der Waals surface area contributed by atoms with Crippen LogP contribution in [0.2, 0.25) is 0 Å². The summed E-state index contributed by atoms with van der Waals surface area (Å²) in [7, 11) is 0. The maximum Gasteiger partial charge on any atom is 0.271 e. The van der Waals surface area contributed by atoms with Gasteiger partial charge in [-0.1, -0.05) is 0 Å². The third-order valence-electron chi connectivity index (χ3n) is 3.67. The summed E-state index contributed by atoms with van der Waals surface area (Å²) >= 11 is 0. The monoisotopic (exact) mass is 345 g/mol. The van der Waals surface area contributed by atoms with E-state index in [1.54, 1.807) is 18.4 Å². The highest BCUT2D eigenvalue weighted by atomic mass is 16.6. The average molecular weight is 345 g/mol. The van der Waals surface area contributed by atoms with Gasteiger partial charge in [-0.25, -0.2) is 0 Å². The molecule has 0 saturated carbocycles. The first kappa shape index (κ1) is 16.5. The molecule has 9 nitrogen and oxygen atoms in total. The number of furan rings is 1. The number of carbonyl (C=O) groups is 2. The molecule has 2 aromatic rings. The number of carbonyl (C=O) groups excluding carboxylic acids is 2. The van der Waals surface area contributed by atoms with Crippen molar-refractivity contribution in [3.63, 3.8) is 0 Å². The molecule has 9 heteroatoms. The van der Waals surface area contributed by atoms with Crippen LogP contribution < -0.4 is 15.0 Å². The molecule has 0 unspecified atom stereocenters. The number of nitro groups is 1. The molecule has 0 spiro atoms. The van der Waals surface area contributed by atoms with Gasteiger partial charge in [0.05, 0.1) is 16.9 Å². The Hall–Kier alpha value is -3.36. The number of anilines is 1. The maximum atomic E-state index is 12.1. The Bertz CT molecular complexity index is 802. The van der Waals surface area contributed by atoms with Gasteiger partial charge < -0.3 is 14.5 Å². The summed E-state index contributed by atoms with van der Waals surface area (Å²) in [6.07, 6.45) is 2.07. The zero-order valence-corrected chi connectivity index (χ0v) is 13.1.